The Bertz CT molecular complexity index is 503. The lowest BCUT2D eigenvalue weighted by Gasteiger charge is -2.44. The first-order valence-electron chi connectivity index (χ1n) is 6.15. The van der Waals surface area contributed by atoms with Crippen LogP contribution in [0, 0.1) is 0 Å². The quantitative estimate of drug-likeness (QED) is 0.840. The van der Waals surface area contributed by atoms with Gasteiger partial charge in [-0.1, -0.05) is 12.1 Å². The largest absolute Gasteiger partial charge is 0.490 e. The molecule has 96 valence electrons. The Morgan fingerprint density at radius 2 is 2.39 bits per heavy atom. The Kier molecular flexibility index (Phi) is 2.36. The van der Waals surface area contributed by atoms with Crippen molar-refractivity contribution in [2.24, 2.45) is 0 Å². The number of amides is 2. The smallest absolute Gasteiger partial charge is 0.318 e. The van der Waals surface area contributed by atoms with Crippen LogP contribution in [0.15, 0.2) is 18.2 Å². The number of para-hydroxylation sites is 1. The maximum atomic E-state index is 11.6. The van der Waals surface area contributed by atoms with Crippen molar-refractivity contribution in [3.05, 3.63) is 23.8 Å². The third kappa shape index (κ3) is 1.66. The van der Waals surface area contributed by atoms with Crippen molar-refractivity contribution < 1.29 is 14.3 Å². The second-order valence-corrected chi connectivity index (χ2v) is 4.80. The molecule has 18 heavy (non-hydrogen) atoms. The molecular weight excluding hydrogens is 232 g/mol. The van der Waals surface area contributed by atoms with Crippen LogP contribution in [0.1, 0.15) is 31.9 Å². The molecule has 0 radical (unpaired) electrons. The van der Waals surface area contributed by atoms with E-state index in [2.05, 4.69) is 10.6 Å². The van der Waals surface area contributed by atoms with Gasteiger partial charge in [0.05, 0.1) is 12.6 Å². The lowest BCUT2D eigenvalue weighted by Crippen LogP contribution is -2.62. The summed E-state index contributed by atoms with van der Waals surface area (Å²) < 4.78 is 11.5. The van der Waals surface area contributed by atoms with E-state index < -0.39 is 5.72 Å². The van der Waals surface area contributed by atoms with Crippen LogP contribution in [0.4, 0.5) is 4.79 Å². The first-order valence-corrected chi connectivity index (χ1v) is 6.15. The Morgan fingerprint density at radius 3 is 3.17 bits per heavy atom. The number of nitrogens with one attached hydrogen (secondary N) is 2. The summed E-state index contributed by atoms with van der Waals surface area (Å²) in [4.78, 5) is 11.6. The number of ether oxygens (including phenoxy) is 2. The molecule has 0 unspecified atom stereocenters. The fourth-order valence-electron chi connectivity index (χ4n) is 2.59. The fourth-order valence-corrected chi connectivity index (χ4v) is 2.59. The van der Waals surface area contributed by atoms with Crippen molar-refractivity contribution in [1.29, 1.82) is 0 Å². The van der Waals surface area contributed by atoms with Crippen LogP contribution in [0.5, 0.6) is 11.5 Å². The molecule has 2 amide bonds. The van der Waals surface area contributed by atoms with E-state index in [0.717, 1.165) is 17.1 Å². The predicted octanol–water partition coefficient (Wildman–Crippen LogP) is 1.94. The van der Waals surface area contributed by atoms with Gasteiger partial charge in [-0.2, -0.15) is 0 Å². The van der Waals surface area contributed by atoms with E-state index in [1.54, 1.807) is 0 Å². The van der Waals surface area contributed by atoms with Crippen LogP contribution in [0.2, 0.25) is 0 Å². The molecule has 0 spiro atoms. The maximum absolute atomic E-state index is 11.6. The molecule has 2 aliphatic heterocycles. The third-order valence-electron chi connectivity index (χ3n) is 3.29. The van der Waals surface area contributed by atoms with Gasteiger partial charge in [-0.3, -0.25) is 0 Å². The second-order valence-electron chi connectivity index (χ2n) is 4.80. The molecule has 5 heteroatoms. The van der Waals surface area contributed by atoms with E-state index in [4.69, 9.17) is 9.47 Å². The van der Waals surface area contributed by atoms with Gasteiger partial charge in [0, 0.05) is 12.0 Å². The Hall–Kier alpha value is -1.91. The third-order valence-corrected chi connectivity index (χ3v) is 3.29. The number of carbonyl (C=O) groups excluding carboxylic acids is 1. The molecule has 0 aromatic heterocycles. The molecule has 2 atom stereocenters. The van der Waals surface area contributed by atoms with Crippen LogP contribution in [0.3, 0.4) is 0 Å². The van der Waals surface area contributed by atoms with Crippen molar-refractivity contribution in [1.82, 2.24) is 10.6 Å². The average Bonchev–Trinajstić information content (AvgIpc) is 2.29. The first-order chi connectivity index (χ1) is 8.61. The van der Waals surface area contributed by atoms with E-state index in [1.165, 1.54) is 0 Å². The molecule has 2 N–H and O–H groups in total. The number of carbonyl (C=O) groups is 1. The average molecular weight is 248 g/mol. The Morgan fingerprint density at radius 1 is 1.56 bits per heavy atom. The first kappa shape index (κ1) is 11.2. The summed E-state index contributed by atoms with van der Waals surface area (Å²) in [5.74, 6) is 1.45. The standard InChI is InChI=1S/C13H16N2O3/c1-3-17-10-6-4-5-8-9-7-13(2,18-11(8)10)15-12(16)14-9/h4-6,9H,3,7H2,1-2H3,(H2,14,15,16)/t9-,13+/m1/s1. The summed E-state index contributed by atoms with van der Waals surface area (Å²) in [6.45, 7) is 4.40. The second kappa shape index (κ2) is 3.80. The van der Waals surface area contributed by atoms with Crippen molar-refractivity contribution in [2.75, 3.05) is 6.61 Å². The number of hydrogen-bond acceptors (Lipinski definition) is 3. The Labute approximate surface area is 105 Å². The SMILES string of the molecule is CCOc1cccc2c1O[C@@]1(C)C[C@H]2NC(=O)N1. The highest BCUT2D eigenvalue weighted by molar-refractivity contribution is 5.77. The monoisotopic (exact) mass is 248 g/mol. The zero-order valence-corrected chi connectivity index (χ0v) is 10.4. The van der Waals surface area contributed by atoms with Crippen molar-refractivity contribution in [3.8, 4) is 11.5 Å². The van der Waals surface area contributed by atoms with Gasteiger partial charge in [0.15, 0.2) is 17.2 Å². The predicted molar refractivity (Wildman–Crippen MR) is 65.7 cm³/mol. The molecule has 1 saturated heterocycles. The van der Waals surface area contributed by atoms with Crippen LogP contribution >= 0.6 is 0 Å². The van der Waals surface area contributed by atoms with E-state index >= 15 is 0 Å². The van der Waals surface area contributed by atoms with Gasteiger partial charge in [0.2, 0.25) is 0 Å². The summed E-state index contributed by atoms with van der Waals surface area (Å²) in [5, 5.41) is 5.72. The lowest BCUT2D eigenvalue weighted by atomic mass is 9.91. The highest BCUT2D eigenvalue weighted by Crippen LogP contribution is 2.45. The number of fused-ring (bicyclic) bond motifs is 4. The molecule has 1 aromatic carbocycles. The Balaban J connectivity index is 2.07. The number of hydrogen-bond donors (Lipinski definition) is 2. The highest BCUT2D eigenvalue weighted by Gasteiger charge is 2.44. The zero-order chi connectivity index (χ0) is 12.8. The minimum Gasteiger partial charge on any atom is -0.490 e. The van der Waals surface area contributed by atoms with Gasteiger partial charge in [-0.05, 0) is 19.9 Å². The van der Waals surface area contributed by atoms with Gasteiger partial charge < -0.3 is 20.1 Å². The van der Waals surface area contributed by atoms with Crippen LogP contribution in [-0.4, -0.2) is 18.4 Å². The minimum absolute atomic E-state index is 0.0205. The number of benzene rings is 1. The summed E-state index contributed by atoms with van der Waals surface area (Å²) in [5.41, 5.74) is 0.320. The van der Waals surface area contributed by atoms with Crippen molar-refractivity contribution in [2.45, 2.75) is 32.0 Å². The summed E-state index contributed by atoms with van der Waals surface area (Å²) in [6, 6.07) is 5.56. The molecule has 3 rings (SSSR count). The van der Waals surface area contributed by atoms with Crippen LogP contribution < -0.4 is 20.1 Å². The van der Waals surface area contributed by atoms with Gasteiger partial charge >= 0.3 is 6.03 Å². The van der Waals surface area contributed by atoms with E-state index in [1.807, 2.05) is 32.0 Å². The molecular formula is C13H16N2O3. The molecule has 0 aliphatic carbocycles. The van der Waals surface area contributed by atoms with Gasteiger partial charge in [-0.15, -0.1) is 0 Å². The topological polar surface area (TPSA) is 59.6 Å². The normalized spacial score (nSPS) is 28.6. The van der Waals surface area contributed by atoms with Crippen molar-refractivity contribution in [3.63, 3.8) is 0 Å². The van der Waals surface area contributed by atoms with E-state index in [9.17, 15) is 4.79 Å². The molecule has 2 bridgehead atoms. The summed E-state index contributed by atoms with van der Waals surface area (Å²) in [6.07, 6.45) is 0.710. The molecule has 1 fully saturated rings. The highest BCUT2D eigenvalue weighted by atomic mass is 16.5. The molecule has 2 heterocycles. The molecule has 2 aliphatic rings. The number of urea groups is 1. The zero-order valence-electron chi connectivity index (χ0n) is 10.4. The molecule has 1 aromatic rings. The van der Waals surface area contributed by atoms with Crippen LogP contribution in [-0.2, 0) is 0 Å². The summed E-state index contributed by atoms with van der Waals surface area (Å²) in [7, 11) is 0. The van der Waals surface area contributed by atoms with Crippen molar-refractivity contribution >= 4 is 6.03 Å². The minimum atomic E-state index is -0.660. The fraction of sp³-hybridized carbons (Fsp3) is 0.462. The lowest BCUT2D eigenvalue weighted by molar-refractivity contribution is 0.00893. The van der Waals surface area contributed by atoms with Gasteiger partial charge in [0.25, 0.3) is 0 Å². The van der Waals surface area contributed by atoms with Crippen LogP contribution in [0.25, 0.3) is 0 Å². The van der Waals surface area contributed by atoms with E-state index in [0.29, 0.717) is 13.0 Å². The molecule has 0 saturated carbocycles. The van der Waals surface area contributed by atoms with Gasteiger partial charge in [-0.25, -0.2) is 4.79 Å². The number of rotatable bonds is 2. The van der Waals surface area contributed by atoms with Gasteiger partial charge in [0.1, 0.15) is 0 Å². The van der Waals surface area contributed by atoms with E-state index in [-0.39, 0.29) is 12.1 Å². The summed E-state index contributed by atoms with van der Waals surface area (Å²) >= 11 is 0. The maximum Gasteiger partial charge on any atom is 0.318 e. The molecule has 5 nitrogen and oxygen atoms in total.